The van der Waals surface area contributed by atoms with Crippen LogP contribution in [0.25, 0.3) is 0 Å². The summed E-state index contributed by atoms with van der Waals surface area (Å²) in [7, 11) is 0. The molecule has 0 saturated carbocycles. The first-order chi connectivity index (χ1) is 9.20. The minimum atomic E-state index is -0.473. The van der Waals surface area contributed by atoms with Gasteiger partial charge in [0.05, 0.1) is 18.9 Å². The Hall–Kier alpha value is -1.01. The molecule has 2 N–H and O–H groups in total. The Morgan fingerprint density at radius 2 is 2.40 bits per heavy atom. The molecule has 112 valence electrons. The molecule has 1 unspecified atom stereocenters. The van der Waals surface area contributed by atoms with Crippen LogP contribution in [0.4, 0.5) is 5.69 Å². The van der Waals surface area contributed by atoms with Crippen molar-refractivity contribution in [3.8, 4) is 5.75 Å². The SMILES string of the molecule is CCOc1cc(Cl)ccc1NC(=O)C1CNCCO1.Cl. The maximum atomic E-state index is 12.0. The largest absolute Gasteiger partial charge is 0.492 e. The van der Waals surface area contributed by atoms with Crippen molar-refractivity contribution in [3.05, 3.63) is 23.2 Å². The molecule has 7 heteroatoms. The molecule has 2 rings (SSSR count). The fourth-order valence-electron chi connectivity index (χ4n) is 1.82. The molecule has 0 bridgehead atoms. The van der Waals surface area contributed by atoms with Gasteiger partial charge in [-0.1, -0.05) is 11.6 Å². The molecule has 1 aromatic carbocycles. The van der Waals surface area contributed by atoms with Gasteiger partial charge in [0.15, 0.2) is 0 Å². The third-order valence-corrected chi connectivity index (χ3v) is 2.96. The van der Waals surface area contributed by atoms with Crippen molar-refractivity contribution < 1.29 is 14.3 Å². The van der Waals surface area contributed by atoms with Crippen LogP contribution >= 0.6 is 24.0 Å². The topological polar surface area (TPSA) is 59.6 Å². The smallest absolute Gasteiger partial charge is 0.254 e. The van der Waals surface area contributed by atoms with Crippen LogP contribution in [0.15, 0.2) is 18.2 Å². The predicted molar refractivity (Wildman–Crippen MR) is 81.1 cm³/mol. The lowest BCUT2D eigenvalue weighted by Gasteiger charge is -2.23. The lowest BCUT2D eigenvalue weighted by Crippen LogP contribution is -2.45. The minimum Gasteiger partial charge on any atom is -0.492 e. The Kier molecular flexibility index (Phi) is 7.09. The number of ether oxygens (including phenoxy) is 2. The Morgan fingerprint density at radius 1 is 1.60 bits per heavy atom. The van der Waals surface area contributed by atoms with E-state index in [1.54, 1.807) is 18.2 Å². The average Bonchev–Trinajstić information content (AvgIpc) is 2.43. The van der Waals surface area contributed by atoms with Gasteiger partial charge in [-0.15, -0.1) is 12.4 Å². The van der Waals surface area contributed by atoms with Gasteiger partial charge < -0.3 is 20.1 Å². The zero-order valence-corrected chi connectivity index (χ0v) is 12.7. The van der Waals surface area contributed by atoms with Crippen molar-refractivity contribution >= 4 is 35.6 Å². The second kappa shape index (κ2) is 8.32. The van der Waals surface area contributed by atoms with Gasteiger partial charge in [-0.25, -0.2) is 0 Å². The van der Waals surface area contributed by atoms with E-state index in [4.69, 9.17) is 21.1 Å². The molecule has 0 aliphatic carbocycles. The van der Waals surface area contributed by atoms with Crippen LogP contribution in [0.2, 0.25) is 5.02 Å². The number of nitrogens with one attached hydrogen (secondary N) is 2. The molecule has 1 saturated heterocycles. The maximum absolute atomic E-state index is 12.0. The van der Waals surface area contributed by atoms with Crippen molar-refractivity contribution in [1.82, 2.24) is 5.32 Å². The van der Waals surface area contributed by atoms with E-state index in [2.05, 4.69) is 10.6 Å². The number of carbonyl (C=O) groups excluding carboxylic acids is 1. The summed E-state index contributed by atoms with van der Waals surface area (Å²) in [6.45, 7) is 4.21. The summed E-state index contributed by atoms with van der Waals surface area (Å²) in [6.07, 6.45) is -0.473. The van der Waals surface area contributed by atoms with Gasteiger partial charge in [0, 0.05) is 24.2 Å². The highest BCUT2D eigenvalue weighted by Crippen LogP contribution is 2.28. The van der Waals surface area contributed by atoms with Crippen LogP contribution in [-0.2, 0) is 9.53 Å². The van der Waals surface area contributed by atoms with Crippen molar-refractivity contribution in [2.24, 2.45) is 0 Å². The van der Waals surface area contributed by atoms with E-state index in [9.17, 15) is 4.79 Å². The molecule has 1 heterocycles. The van der Waals surface area contributed by atoms with Crippen LogP contribution in [0.1, 0.15) is 6.92 Å². The van der Waals surface area contributed by atoms with Crippen molar-refractivity contribution in [1.29, 1.82) is 0 Å². The monoisotopic (exact) mass is 320 g/mol. The summed E-state index contributed by atoms with van der Waals surface area (Å²) in [5.74, 6) is 0.377. The van der Waals surface area contributed by atoms with Crippen LogP contribution in [-0.4, -0.2) is 38.3 Å². The number of rotatable bonds is 4. The van der Waals surface area contributed by atoms with E-state index in [0.717, 1.165) is 6.54 Å². The van der Waals surface area contributed by atoms with Gasteiger partial charge >= 0.3 is 0 Å². The first-order valence-electron chi connectivity index (χ1n) is 6.26. The van der Waals surface area contributed by atoms with Gasteiger partial charge in [-0.05, 0) is 19.1 Å². The van der Waals surface area contributed by atoms with Crippen molar-refractivity contribution in [3.63, 3.8) is 0 Å². The highest BCUT2D eigenvalue weighted by Gasteiger charge is 2.22. The van der Waals surface area contributed by atoms with E-state index in [-0.39, 0.29) is 18.3 Å². The molecule has 1 aromatic rings. The number of hydrogen-bond donors (Lipinski definition) is 2. The van der Waals surface area contributed by atoms with Gasteiger partial charge in [0.25, 0.3) is 5.91 Å². The molecule has 1 aliphatic heterocycles. The zero-order chi connectivity index (χ0) is 13.7. The number of morpholine rings is 1. The Labute approximate surface area is 129 Å². The first-order valence-corrected chi connectivity index (χ1v) is 6.64. The highest BCUT2D eigenvalue weighted by molar-refractivity contribution is 6.30. The van der Waals surface area contributed by atoms with Crippen LogP contribution in [0.3, 0.4) is 0 Å². The summed E-state index contributed by atoms with van der Waals surface area (Å²) in [5, 5.41) is 6.48. The fourth-order valence-corrected chi connectivity index (χ4v) is 1.98. The summed E-state index contributed by atoms with van der Waals surface area (Å²) in [5.41, 5.74) is 0.602. The molecule has 0 radical (unpaired) electrons. The average molecular weight is 321 g/mol. The number of halogens is 2. The first kappa shape index (κ1) is 17.0. The third-order valence-electron chi connectivity index (χ3n) is 2.72. The fraction of sp³-hybridized carbons (Fsp3) is 0.462. The number of hydrogen-bond acceptors (Lipinski definition) is 4. The van der Waals surface area contributed by atoms with Crippen LogP contribution in [0, 0.1) is 0 Å². The molecule has 1 amide bonds. The van der Waals surface area contributed by atoms with Gasteiger partial charge in [0.2, 0.25) is 0 Å². The number of amides is 1. The molecule has 0 aromatic heterocycles. The lowest BCUT2D eigenvalue weighted by molar-refractivity contribution is -0.128. The quantitative estimate of drug-likeness (QED) is 0.891. The van der Waals surface area contributed by atoms with Crippen LogP contribution in [0.5, 0.6) is 5.75 Å². The molecule has 1 atom stereocenters. The second-order valence-electron chi connectivity index (χ2n) is 4.13. The summed E-state index contributed by atoms with van der Waals surface area (Å²) >= 11 is 5.91. The summed E-state index contributed by atoms with van der Waals surface area (Å²) in [6, 6.07) is 5.11. The Morgan fingerprint density at radius 3 is 3.05 bits per heavy atom. The normalized spacial score (nSPS) is 18.0. The third kappa shape index (κ3) is 4.52. The minimum absolute atomic E-state index is 0. The maximum Gasteiger partial charge on any atom is 0.254 e. The van der Waals surface area contributed by atoms with Gasteiger partial charge in [0.1, 0.15) is 11.9 Å². The molecular formula is C13H18Cl2N2O3. The van der Waals surface area contributed by atoms with E-state index in [1.165, 1.54) is 0 Å². The molecule has 0 spiro atoms. The van der Waals surface area contributed by atoms with Gasteiger partial charge in [-0.3, -0.25) is 4.79 Å². The van der Waals surface area contributed by atoms with Crippen molar-refractivity contribution in [2.45, 2.75) is 13.0 Å². The molecular weight excluding hydrogens is 303 g/mol. The molecule has 5 nitrogen and oxygen atoms in total. The predicted octanol–water partition coefficient (Wildman–Crippen LogP) is 2.09. The Bertz CT molecular complexity index is 451. The van der Waals surface area contributed by atoms with Gasteiger partial charge in [-0.2, -0.15) is 0 Å². The zero-order valence-electron chi connectivity index (χ0n) is 11.1. The van der Waals surface area contributed by atoms with E-state index < -0.39 is 6.10 Å². The summed E-state index contributed by atoms with van der Waals surface area (Å²) in [4.78, 5) is 12.0. The second-order valence-corrected chi connectivity index (χ2v) is 4.56. The summed E-state index contributed by atoms with van der Waals surface area (Å²) < 4.78 is 10.8. The van der Waals surface area contributed by atoms with E-state index >= 15 is 0 Å². The molecule has 1 aliphatic rings. The van der Waals surface area contributed by atoms with Crippen molar-refractivity contribution in [2.75, 3.05) is 31.6 Å². The number of anilines is 1. The van der Waals surface area contributed by atoms with E-state index in [1.807, 2.05) is 6.92 Å². The number of benzene rings is 1. The molecule has 1 fully saturated rings. The van der Waals surface area contributed by atoms with Crippen LogP contribution < -0.4 is 15.4 Å². The molecule has 20 heavy (non-hydrogen) atoms. The Balaban J connectivity index is 0.00000200. The highest BCUT2D eigenvalue weighted by atomic mass is 35.5. The standard InChI is InChI=1S/C13H17ClN2O3.ClH/c1-2-18-11-7-9(14)3-4-10(11)16-13(17)12-8-15-5-6-19-12;/h3-4,7,12,15H,2,5-6,8H2,1H3,(H,16,17);1H. The number of carbonyl (C=O) groups is 1. The van der Waals surface area contributed by atoms with E-state index in [0.29, 0.717) is 36.2 Å². The lowest BCUT2D eigenvalue weighted by atomic mass is 10.2.